The van der Waals surface area contributed by atoms with Crippen LogP contribution in [0.1, 0.15) is 72.3 Å². The van der Waals surface area contributed by atoms with Gasteiger partial charge in [0.15, 0.2) is 0 Å². The van der Waals surface area contributed by atoms with Crippen molar-refractivity contribution in [2.24, 2.45) is 7.05 Å². The van der Waals surface area contributed by atoms with Crippen molar-refractivity contribution in [3.8, 4) is 11.4 Å². The van der Waals surface area contributed by atoms with Crippen molar-refractivity contribution in [3.63, 3.8) is 0 Å². The lowest BCUT2D eigenvalue weighted by Gasteiger charge is -2.37. The molecule has 2 aliphatic rings. The fraction of sp³-hybridized carbons (Fsp3) is 0.333. The molecule has 232 valence electrons. The Bertz CT molecular complexity index is 1730. The SMILES string of the molecule is Cn1c(-c2ccccn2)c(C2CCCCC2)c2ccc(C(=O)N[C@]3(C(=O)Nc4ccc(/C=C/C(=O)O)cc4)CCCNC3)cc21. The third kappa shape index (κ3) is 6.40. The highest BCUT2D eigenvalue weighted by Crippen LogP contribution is 2.43. The Morgan fingerprint density at radius 3 is 2.51 bits per heavy atom. The fourth-order valence-corrected chi connectivity index (χ4v) is 6.87. The number of nitrogens with zero attached hydrogens (tertiary/aromatic N) is 2. The number of fused-ring (bicyclic) bond motifs is 1. The summed E-state index contributed by atoms with van der Waals surface area (Å²) < 4.78 is 2.17. The molecule has 2 aromatic carbocycles. The van der Waals surface area contributed by atoms with Crippen LogP contribution in [0.25, 0.3) is 28.4 Å². The minimum absolute atomic E-state index is 0.297. The van der Waals surface area contributed by atoms with E-state index in [1.54, 1.807) is 24.3 Å². The molecule has 45 heavy (non-hydrogen) atoms. The van der Waals surface area contributed by atoms with Gasteiger partial charge in [0.1, 0.15) is 5.54 Å². The lowest BCUT2D eigenvalue weighted by molar-refractivity contribution is -0.131. The Morgan fingerprint density at radius 2 is 1.82 bits per heavy atom. The molecular formula is C36H39N5O4. The number of carboxylic acids is 1. The van der Waals surface area contributed by atoms with Crippen molar-refractivity contribution in [2.75, 3.05) is 18.4 Å². The van der Waals surface area contributed by atoms with Crippen LogP contribution in [0.4, 0.5) is 5.69 Å². The van der Waals surface area contributed by atoms with Gasteiger partial charge in [-0.2, -0.15) is 0 Å². The Morgan fingerprint density at radius 1 is 1.02 bits per heavy atom. The highest BCUT2D eigenvalue weighted by atomic mass is 16.4. The second-order valence-electron chi connectivity index (χ2n) is 12.2. The zero-order valence-corrected chi connectivity index (χ0v) is 25.5. The predicted octanol–water partition coefficient (Wildman–Crippen LogP) is 5.88. The molecule has 4 N–H and O–H groups in total. The number of aliphatic carboxylic acids is 1. The summed E-state index contributed by atoms with van der Waals surface area (Å²) >= 11 is 0. The van der Waals surface area contributed by atoms with Crippen LogP contribution in [0.2, 0.25) is 0 Å². The highest BCUT2D eigenvalue weighted by Gasteiger charge is 2.41. The predicted molar refractivity (Wildman–Crippen MR) is 176 cm³/mol. The summed E-state index contributed by atoms with van der Waals surface area (Å²) in [5, 5.41) is 19.4. The number of carboxylic acid groups (broad SMARTS) is 1. The van der Waals surface area contributed by atoms with Crippen LogP contribution in [0, 0.1) is 0 Å². The van der Waals surface area contributed by atoms with Crippen LogP contribution in [-0.2, 0) is 16.6 Å². The molecule has 2 fully saturated rings. The molecule has 6 rings (SSSR count). The number of aromatic nitrogens is 2. The molecule has 2 aromatic heterocycles. The van der Waals surface area contributed by atoms with Gasteiger partial charge in [0, 0.05) is 48.0 Å². The number of rotatable bonds is 8. The summed E-state index contributed by atoms with van der Waals surface area (Å²) in [4.78, 5) is 43.1. The van der Waals surface area contributed by atoms with Crippen LogP contribution < -0.4 is 16.0 Å². The number of nitrogens with one attached hydrogen (secondary N) is 3. The smallest absolute Gasteiger partial charge is 0.328 e. The molecule has 0 bridgehead atoms. The molecular weight excluding hydrogens is 566 g/mol. The van der Waals surface area contributed by atoms with Crippen LogP contribution >= 0.6 is 0 Å². The molecule has 1 aliphatic heterocycles. The van der Waals surface area contributed by atoms with Crippen LogP contribution in [0.15, 0.2) is 72.9 Å². The van der Waals surface area contributed by atoms with Gasteiger partial charge in [-0.3, -0.25) is 14.6 Å². The van der Waals surface area contributed by atoms with E-state index in [4.69, 9.17) is 10.1 Å². The van der Waals surface area contributed by atoms with Gasteiger partial charge in [-0.15, -0.1) is 0 Å². The Balaban J connectivity index is 1.29. The largest absolute Gasteiger partial charge is 0.478 e. The normalized spacial score (nSPS) is 19.0. The fourth-order valence-electron chi connectivity index (χ4n) is 6.87. The molecule has 0 spiro atoms. The lowest BCUT2D eigenvalue weighted by Crippen LogP contribution is -2.64. The zero-order valence-electron chi connectivity index (χ0n) is 25.5. The summed E-state index contributed by atoms with van der Waals surface area (Å²) in [7, 11) is 2.04. The van der Waals surface area contributed by atoms with Gasteiger partial charge in [0.25, 0.3) is 11.8 Å². The van der Waals surface area contributed by atoms with Gasteiger partial charge < -0.3 is 25.6 Å². The average molecular weight is 606 g/mol. The summed E-state index contributed by atoms with van der Waals surface area (Å²) in [5.74, 6) is -1.18. The summed E-state index contributed by atoms with van der Waals surface area (Å²) in [6.07, 6.45) is 11.6. The van der Waals surface area contributed by atoms with E-state index in [2.05, 4.69) is 26.6 Å². The molecule has 1 saturated carbocycles. The molecule has 1 atom stereocenters. The van der Waals surface area contributed by atoms with Crippen molar-refractivity contribution < 1.29 is 19.5 Å². The summed E-state index contributed by atoms with van der Waals surface area (Å²) in [6, 6.07) is 18.8. The molecule has 9 nitrogen and oxygen atoms in total. The maximum atomic E-state index is 13.9. The van der Waals surface area contributed by atoms with Crippen molar-refractivity contribution in [1.29, 1.82) is 0 Å². The first kappa shape index (κ1) is 30.3. The van der Waals surface area contributed by atoms with Gasteiger partial charge in [0.05, 0.1) is 11.4 Å². The molecule has 1 aliphatic carbocycles. The van der Waals surface area contributed by atoms with Gasteiger partial charge in [0.2, 0.25) is 0 Å². The van der Waals surface area contributed by atoms with Gasteiger partial charge >= 0.3 is 5.97 Å². The first-order chi connectivity index (χ1) is 21.8. The summed E-state index contributed by atoms with van der Waals surface area (Å²) in [6.45, 7) is 1.08. The number of pyridine rings is 1. The molecule has 0 radical (unpaired) electrons. The first-order valence-electron chi connectivity index (χ1n) is 15.7. The van der Waals surface area contributed by atoms with E-state index in [1.807, 2.05) is 43.6 Å². The third-order valence-corrected chi connectivity index (χ3v) is 9.18. The summed E-state index contributed by atoms with van der Waals surface area (Å²) in [5.41, 5.74) is 4.95. The van der Waals surface area contributed by atoms with Crippen molar-refractivity contribution in [1.82, 2.24) is 20.2 Å². The Labute approximate surface area is 262 Å². The molecule has 0 unspecified atom stereocenters. The third-order valence-electron chi connectivity index (χ3n) is 9.18. The number of aryl methyl sites for hydroxylation is 1. The maximum absolute atomic E-state index is 13.9. The maximum Gasteiger partial charge on any atom is 0.328 e. The molecule has 4 aromatic rings. The molecule has 3 heterocycles. The standard InChI is InChI=1S/C36H39N5O4/c1-41-30-22-26(14-17-28(30)32(25-8-3-2-4-9-25)33(41)29-10-5-6-21-38-29)34(44)40-36(19-7-20-37-23-36)35(45)39-27-15-11-24(12-16-27)13-18-31(42)43/h5-6,10-18,21-22,25,37H,2-4,7-9,19-20,23H2,1H3,(H,39,45)(H,40,44)(H,42,43)/b18-13+/t36-/m1/s1. The van der Waals surface area contributed by atoms with E-state index in [0.717, 1.165) is 54.2 Å². The topological polar surface area (TPSA) is 125 Å². The van der Waals surface area contributed by atoms with Crippen molar-refractivity contribution >= 4 is 40.4 Å². The number of anilines is 1. The van der Waals surface area contributed by atoms with Crippen molar-refractivity contribution in [2.45, 2.75) is 56.4 Å². The minimum atomic E-state index is -1.13. The van der Waals surface area contributed by atoms with Crippen LogP contribution in [0.3, 0.4) is 0 Å². The van der Waals surface area contributed by atoms with E-state index < -0.39 is 11.5 Å². The second-order valence-corrected chi connectivity index (χ2v) is 12.2. The van der Waals surface area contributed by atoms with E-state index in [-0.39, 0.29) is 11.8 Å². The van der Waals surface area contributed by atoms with Crippen molar-refractivity contribution in [3.05, 3.63) is 89.6 Å². The van der Waals surface area contributed by atoms with E-state index >= 15 is 0 Å². The van der Waals surface area contributed by atoms with E-state index in [9.17, 15) is 14.4 Å². The number of carbonyl (C=O) groups excluding carboxylic acids is 2. The number of benzene rings is 2. The minimum Gasteiger partial charge on any atom is -0.478 e. The number of hydrogen-bond donors (Lipinski definition) is 4. The Hall–Kier alpha value is -4.76. The second kappa shape index (κ2) is 13.1. The number of piperidine rings is 1. The van der Waals surface area contributed by atoms with Gasteiger partial charge in [-0.1, -0.05) is 43.5 Å². The first-order valence-corrected chi connectivity index (χ1v) is 15.7. The van der Waals surface area contributed by atoms with E-state index in [1.165, 1.54) is 30.9 Å². The van der Waals surface area contributed by atoms with Gasteiger partial charge in [-0.05, 0) is 91.7 Å². The Kier molecular flexibility index (Phi) is 8.80. The number of amides is 2. The molecule has 1 saturated heterocycles. The van der Waals surface area contributed by atoms with Gasteiger partial charge in [-0.25, -0.2) is 4.79 Å². The van der Waals surface area contributed by atoms with Crippen LogP contribution in [-0.4, -0.2) is 51.1 Å². The monoisotopic (exact) mass is 605 g/mol. The lowest BCUT2D eigenvalue weighted by atomic mass is 9.82. The number of hydrogen-bond acceptors (Lipinski definition) is 5. The quantitative estimate of drug-likeness (QED) is 0.186. The highest BCUT2D eigenvalue weighted by molar-refractivity contribution is 6.06. The van der Waals surface area contributed by atoms with Crippen LogP contribution in [0.5, 0.6) is 0 Å². The number of carbonyl (C=O) groups is 3. The molecule has 9 heteroatoms. The average Bonchev–Trinajstić information content (AvgIpc) is 3.37. The molecule has 2 amide bonds. The zero-order chi connectivity index (χ0) is 31.4. The van der Waals surface area contributed by atoms with E-state index in [0.29, 0.717) is 35.7 Å².